The molecule has 0 aromatic rings. The molecule has 1 heterocycles. The second-order valence-corrected chi connectivity index (χ2v) is 7.81. The van der Waals surface area contributed by atoms with Crippen LogP contribution >= 0.6 is 0 Å². The molecule has 1 fully saturated rings. The predicted octanol–water partition coefficient (Wildman–Crippen LogP) is -0.0633. The average Bonchev–Trinajstić information content (AvgIpc) is 2.23. The number of sulfone groups is 1. The van der Waals surface area contributed by atoms with Crippen molar-refractivity contribution < 1.29 is 18.0 Å². The van der Waals surface area contributed by atoms with Gasteiger partial charge in [-0.25, -0.2) is 8.42 Å². The zero-order valence-electron chi connectivity index (χ0n) is 11.9. The van der Waals surface area contributed by atoms with Crippen LogP contribution in [0.2, 0.25) is 0 Å². The minimum atomic E-state index is -3.17. The minimum Gasteiger partial charge on any atom is -0.340 e. The number of carbonyl (C=O) groups excluding carboxylic acids is 2. The number of carbonyl (C=O) groups is 2. The minimum absolute atomic E-state index is 0.0686. The van der Waals surface area contributed by atoms with E-state index < -0.39 is 21.4 Å². The van der Waals surface area contributed by atoms with Crippen molar-refractivity contribution in [2.24, 2.45) is 0 Å². The van der Waals surface area contributed by atoms with Gasteiger partial charge in [-0.05, 0) is 20.3 Å². The summed E-state index contributed by atoms with van der Waals surface area (Å²) >= 11 is 0. The maximum atomic E-state index is 12.3. The molecule has 1 rings (SSSR count). The van der Waals surface area contributed by atoms with Gasteiger partial charge in [0, 0.05) is 12.8 Å². The van der Waals surface area contributed by atoms with Crippen molar-refractivity contribution in [1.29, 1.82) is 0 Å². The van der Waals surface area contributed by atoms with E-state index in [-0.39, 0.29) is 24.1 Å². The molecule has 7 heteroatoms. The topological polar surface area (TPSA) is 83.6 Å². The zero-order chi connectivity index (χ0) is 14.8. The lowest BCUT2D eigenvalue weighted by atomic mass is 9.95. The van der Waals surface area contributed by atoms with Crippen LogP contribution in [0, 0.1) is 0 Å². The van der Waals surface area contributed by atoms with Crippen LogP contribution < -0.4 is 5.32 Å². The first-order valence-electron chi connectivity index (χ1n) is 6.39. The van der Waals surface area contributed by atoms with Crippen LogP contribution in [-0.4, -0.2) is 55.3 Å². The van der Waals surface area contributed by atoms with E-state index in [9.17, 15) is 18.0 Å². The van der Waals surface area contributed by atoms with Gasteiger partial charge in [0.25, 0.3) is 0 Å². The van der Waals surface area contributed by atoms with Gasteiger partial charge in [0.15, 0.2) is 0 Å². The highest BCUT2D eigenvalue weighted by molar-refractivity contribution is 7.90. The number of nitrogens with one attached hydrogen (secondary N) is 1. The molecule has 0 saturated carbocycles. The first-order valence-corrected chi connectivity index (χ1v) is 8.45. The monoisotopic (exact) mass is 290 g/mol. The summed E-state index contributed by atoms with van der Waals surface area (Å²) in [6.45, 7) is 5.25. The fourth-order valence-electron chi connectivity index (χ4n) is 2.17. The number of hydrogen-bond donors (Lipinski definition) is 1. The summed E-state index contributed by atoms with van der Waals surface area (Å²) in [4.78, 5) is 25.7. The van der Waals surface area contributed by atoms with Crippen LogP contribution in [0.4, 0.5) is 0 Å². The van der Waals surface area contributed by atoms with Crippen LogP contribution in [0.3, 0.4) is 0 Å². The number of piperazine rings is 1. The summed E-state index contributed by atoms with van der Waals surface area (Å²) in [7, 11) is -3.17. The maximum Gasteiger partial charge on any atom is 0.248 e. The molecule has 0 aliphatic carbocycles. The van der Waals surface area contributed by atoms with Crippen LogP contribution in [-0.2, 0) is 19.4 Å². The van der Waals surface area contributed by atoms with E-state index in [1.165, 1.54) is 4.90 Å². The van der Waals surface area contributed by atoms with E-state index in [1.54, 1.807) is 13.8 Å². The molecule has 19 heavy (non-hydrogen) atoms. The largest absolute Gasteiger partial charge is 0.340 e. The second kappa shape index (κ2) is 5.48. The molecule has 110 valence electrons. The summed E-state index contributed by atoms with van der Waals surface area (Å²) in [5, 5.41) is 2.69. The van der Waals surface area contributed by atoms with E-state index in [1.807, 2.05) is 6.92 Å². The van der Waals surface area contributed by atoms with Gasteiger partial charge in [-0.2, -0.15) is 0 Å². The first-order chi connectivity index (χ1) is 8.58. The molecule has 6 nitrogen and oxygen atoms in total. The van der Waals surface area contributed by atoms with Gasteiger partial charge in [-0.15, -0.1) is 0 Å². The van der Waals surface area contributed by atoms with E-state index in [2.05, 4.69) is 5.32 Å². The van der Waals surface area contributed by atoms with Gasteiger partial charge < -0.3 is 10.2 Å². The molecule has 1 atom stereocenters. The van der Waals surface area contributed by atoms with E-state index in [0.29, 0.717) is 6.42 Å². The third-order valence-corrected chi connectivity index (χ3v) is 4.10. The zero-order valence-corrected chi connectivity index (χ0v) is 12.7. The fourth-order valence-corrected chi connectivity index (χ4v) is 2.70. The van der Waals surface area contributed by atoms with Gasteiger partial charge in [-0.1, -0.05) is 13.3 Å². The van der Waals surface area contributed by atoms with Gasteiger partial charge in [0.05, 0.1) is 5.75 Å². The van der Waals surface area contributed by atoms with Gasteiger partial charge >= 0.3 is 0 Å². The highest BCUT2D eigenvalue weighted by Gasteiger charge is 2.44. The summed E-state index contributed by atoms with van der Waals surface area (Å²) < 4.78 is 22.5. The molecule has 0 bridgehead atoms. The maximum absolute atomic E-state index is 12.3. The Morgan fingerprint density at radius 3 is 2.37 bits per heavy atom. The Hall–Kier alpha value is -1.11. The molecule has 1 aliphatic rings. The van der Waals surface area contributed by atoms with Crippen molar-refractivity contribution in [2.75, 3.05) is 18.6 Å². The lowest BCUT2D eigenvalue weighted by Gasteiger charge is -2.42. The van der Waals surface area contributed by atoms with E-state index in [4.69, 9.17) is 0 Å². The summed E-state index contributed by atoms with van der Waals surface area (Å²) in [5.74, 6) is -0.559. The Bertz CT molecular complexity index is 470. The number of amides is 2. The van der Waals surface area contributed by atoms with E-state index in [0.717, 1.165) is 12.7 Å². The third-order valence-electron chi connectivity index (χ3n) is 3.18. The van der Waals surface area contributed by atoms with Crippen molar-refractivity contribution in [1.82, 2.24) is 10.2 Å². The van der Waals surface area contributed by atoms with E-state index >= 15 is 0 Å². The van der Waals surface area contributed by atoms with Gasteiger partial charge in [-0.3, -0.25) is 9.59 Å². The molecule has 1 aliphatic heterocycles. The molecular formula is C12H22N2O4S. The molecule has 1 N–H and O–H groups in total. The predicted molar refractivity (Wildman–Crippen MR) is 72.3 cm³/mol. The van der Waals surface area contributed by atoms with Crippen molar-refractivity contribution in [3.8, 4) is 0 Å². The van der Waals surface area contributed by atoms with Gasteiger partial charge in [0.2, 0.25) is 11.8 Å². The normalized spacial score (nSPS) is 23.4. The standard InChI is InChI=1S/C12H22N2O4S/c1-5-6-9-10(15)13-12(2,3)11(16)14(9)7-8-19(4,17)18/h9H,5-8H2,1-4H3,(H,13,15). The lowest BCUT2D eigenvalue weighted by molar-refractivity contribution is -0.153. The Kier molecular flexibility index (Phi) is 4.60. The van der Waals surface area contributed by atoms with Crippen molar-refractivity contribution in [2.45, 2.75) is 45.2 Å². The van der Waals surface area contributed by atoms with Crippen LogP contribution in [0.1, 0.15) is 33.6 Å². The number of hydrogen-bond acceptors (Lipinski definition) is 4. The number of nitrogens with zero attached hydrogens (tertiary/aromatic N) is 1. The number of rotatable bonds is 5. The smallest absolute Gasteiger partial charge is 0.248 e. The van der Waals surface area contributed by atoms with Crippen molar-refractivity contribution in [3.63, 3.8) is 0 Å². The Balaban J connectivity index is 2.96. The van der Waals surface area contributed by atoms with Gasteiger partial charge in [0.1, 0.15) is 21.4 Å². The Morgan fingerprint density at radius 2 is 1.89 bits per heavy atom. The molecule has 0 radical (unpaired) electrons. The summed E-state index contributed by atoms with van der Waals surface area (Å²) in [5.41, 5.74) is -0.973. The molecule has 0 aromatic carbocycles. The van der Waals surface area contributed by atoms with Crippen LogP contribution in [0.5, 0.6) is 0 Å². The van der Waals surface area contributed by atoms with Crippen LogP contribution in [0.25, 0.3) is 0 Å². The fraction of sp³-hybridized carbons (Fsp3) is 0.833. The van der Waals surface area contributed by atoms with Crippen molar-refractivity contribution in [3.05, 3.63) is 0 Å². The molecule has 0 aromatic heterocycles. The quantitative estimate of drug-likeness (QED) is 0.768. The molecule has 1 saturated heterocycles. The summed E-state index contributed by atoms with van der Waals surface area (Å²) in [6.07, 6.45) is 2.42. The average molecular weight is 290 g/mol. The van der Waals surface area contributed by atoms with Crippen LogP contribution in [0.15, 0.2) is 0 Å². The Labute approximate surface area is 114 Å². The molecule has 1 unspecified atom stereocenters. The summed E-state index contributed by atoms with van der Waals surface area (Å²) in [6, 6.07) is -0.563. The van der Waals surface area contributed by atoms with Crippen molar-refractivity contribution >= 4 is 21.7 Å². The highest BCUT2D eigenvalue weighted by Crippen LogP contribution is 2.20. The second-order valence-electron chi connectivity index (χ2n) is 5.55. The molecule has 2 amide bonds. The lowest BCUT2D eigenvalue weighted by Crippen LogP contribution is -2.68. The molecule has 0 spiro atoms. The SMILES string of the molecule is CCCC1C(=O)NC(C)(C)C(=O)N1CCS(C)(=O)=O. The molecular weight excluding hydrogens is 268 g/mol. The third kappa shape index (κ3) is 3.92. The highest BCUT2D eigenvalue weighted by atomic mass is 32.2. The Morgan fingerprint density at radius 1 is 1.32 bits per heavy atom. The first kappa shape index (κ1) is 15.9.